The highest BCUT2D eigenvalue weighted by Gasteiger charge is 2.15. The Labute approximate surface area is 195 Å². The van der Waals surface area contributed by atoms with Gasteiger partial charge in [0.15, 0.2) is 0 Å². The van der Waals surface area contributed by atoms with E-state index in [0.29, 0.717) is 30.2 Å². The predicted molar refractivity (Wildman–Crippen MR) is 125 cm³/mol. The van der Waals surface area contributed by atoms with Crippen LogP contribution in [0.5, 0.6) is 0 Å². The number of hydrogen-bond acceptors (Lipinski definition) is 4. The van der Waals surface area contributed by atoms with Gasteiger partial charge in [0.05, 0.1) is 4.90 Å². The van der Waals surface area contributed by atoms with E-state index >= 15 is 0 Å². The van der Waals surface area contributed by atoms with Crippen molar-refractivity contribution in [1.29, 1.82) is 0 Å². The highest BCUT2D eigenvalue weighted by Crippen LogP contribution is 2.24. The molecular formula is C22H20ClFN4O2S2. The summed E-state index contributed by atoms with van der Waals surface area (Å²) in [5.41, 5.74) is 9.67. The van der Waals surface area contributed by atoms with Crippen LogP contribution in [0.2, 0.25) is 5.02 Å². The molecule has 6 nitrogen and oxygen atoms in total. The van der Waals surface area contributed by atoms with Crippen LogP contribution in [-0.2, 0) is 23.1 Å². The third kappa shape index (κ3) is 6.72. The lowest BCUT2D eigenvalue weighted by atomic mass is 10.1. The van der Waals surface area contributed by atoms with Gasteiger partial charge in [-0.25, -0.2) is 12.8 Å². The number of sulfonamides is 1. The fourth-order valence-electron chi connectivity index (χ4n) is 3.05. The van der Waals surface area contributed by atoms with Crippen molar-refractivity contribution in [2.75, 3.05) is 12.3 Å². The summed E-state index contributed by atoms with van der Waals surface area (Å²) in [6, 6.07) is 20.7. The average molecular weight is 491 g/mol. The molecule has 3 rings (SSSR count). The fourth-order valence-corrected chi connectivity index (χ4v) is 4.88. The molecular weight excluding hydrogens is 471 g/mol. The summed E-state index contributed by atoms with van der Waals surface area (Å²) in [7, 11) is -4.04. The molecule has 32 heavy (non-hydrogen) atoms. The number of azide groups is 1. The molecule has 0 atom stereocenters. The van der Waals surface area contributed by atoms with Gasteiger partial charge >= 0.3 is 0 Å². The summed E-state index contributed by atoms with van der Waals surface area (Å²) in [6.07, 6.45) is 0. The molecule has 3 aromatic rings. The van der Waals surface area contributed by atoms with Gasteiger partial charge in [0.25, 0.3) is 10.0 Å². The number of rotatable bonds is 10. The smallest absolute Gasteiger partial charge is 0.264 e. The Morgan fingerprint density at radius 3 is 2.38 bits per heavy atom. The van der Waals surface area contributed by atoms with Gasteiger partial charge in [-0.3, -0.25) is 4.90 Å². The van der Waals surface area contributed by atoms with E-state index in [-0.39, 0.29) is 10.7 Å². The van der Waals surface area contributed by atoms with E-state index in [1.54, 1.807) is 36.0 Å². The molecule has 0 heterocycles. The van der Waals surface area contributed by atoms with Crippen molar-refractivity contribution in [1.82, 2.24) is 4.90 Å². The van der Waals surface area contributed by atoms with Crippen molar-refractivity contribution >= 4 is 33.4 Å². The van der Waals surface area contributed by atoms with Crippen LogP contribution in [0.15, 0.2) is 87.1 Å². The zero-order valence-corrected chi connectivity index (χ0v) is 19.3. The number of hydrogen-bond donors (Lipinski definition) is 0. The molecule has 0 spiro atoms. The van der Waals surface area contributed by atoms with E-state index in [4.69, 9.17) is 17.1 Å². The van der Waals surface area contributed by atoms with Crippen LogP contribution in [0.4, 0.5) is 4.39 Å². The van der Waals surface area contributed by atoms with E-state index in [0.717, 1.165) is 16.2 Å². The Morgan fingerprint density at radius 1 is 1.00 bits per heavy atom. The third-order valence-electron chi connectivity index (χ3n) is 4.63. The minimum Gasteiger partial charge on any atom is -0.294 e. The minimum absolute atomic E-state index is 0.0811. The van der Waals surface area contributed by atoms with Crippen molar-refractivity contribution in [3.05, 3.63) is 105 Å². The first kappa shape index (κ1) is 24.1. The maximum atomic E-state index is 14.4. The minimum atomic E-state index is -4.04. The molecule has 0 aliphatic heterocycles. The Morgan fingerprint density at radius 2 is 1.72 bits per heavy atom. The number of benzene rings is 3. The first-order chi connectivity index (χ1) is 15.4. The van der Waals surface area contributed by atoms with E-state index < -0.39 is 10.0 Å². The van der Waals surface area contributed by atoms with Crippen LogP contribution < -0.4 is 0 Å². The lowest BCUT2D eigenvalue weighted by molar-refractivity contribution is 0.270. The predicted octanol–water partition coefficient (Wildman–Crippen LogP) is 6.27. The molecule has 0 bridgehead atoms. The molecule has 0 fully saturated rings. The summed E-state index contributed by atoms with van der Waals surface area (Å²) in [4.78, 5) is 5.47. The number of halogens is 2. The van der Waals surface area contributed by atoms with Crippen LogP contribution in [0.25, 0.3) is 10.4 Å². The first-order valence-electron chi connectivity index (χ1n) is 9.62. The monoisotopic (exact) mass is 490 g/mol. The van der Waals surface area contributed by atoms with E-state index in [2.05, 4.69) is 14.3 Å². The maximum Gasteiger partial charge on any atom is 0.264 e. The van der Waals surface area contributed by atoms with Gasteiger partial charge in [-0.05, 0) is 47.5 Å². The van der Waals surface area contributed by atoms with Crippen molar-refractivity contribution in [3.63, 3.8) is 0 Å². The molecule has 0 aromatic heterocycles. The molecule has 0 unspecified atom stereocenters. The zero-order chi connectivity index (χ0) is 23.0. The molecule has 0 saturated carbocycles. The normalized spacial score (nSPS) is 11.3. The maximum absolute atomic E-state index is 14.4. The van der Waals surface area contributed by atoms with Crippen LogP contribution in [0, 0.1) is 5.82 Å². The highest BCUT2D eigenvalue weighted by atomic mass is 35.5. The summed E-state index contributed by atoms with van der Waals surface area (Å²) in [6.45, 7) is 1.42. The van der Waals surface area contributed by atoms with Gasteiger partial charge < -0.3 is 0 Å². The van der Waals surface area contributed by atoms with Gasteiger partial charge in [-0.15, -0.1) is 11.8 Å². The molecule has 3 aromatic carbocycles. The summed E-state index contributed by atoms with van der Waals surface area (Å²) in [5, 5.41) is 0.363. The van der Waals surface area contributed by atoms with Crippen LogP contribution in [0.1, 0.15) is 11.1 Å². The third-order valence-corrected chi connectivity index (χ3v) is 7.14. The van der Waals surface area contributed by atoms with Gasteiger partial charge in [0, 0.05) is 50.3 Å². The first-order valence-corrected chi connectivity index (χ1v) is 12.4. The van der Waals surface area contributed by atoms with Gasteiger partial charge in [0.2, 0.25) is 0 Å². The second kappa shape index (κ2) is 11.4. The molecule has 0 aliphatic rings. The standard InChI is InChI=1S/C22H20ClFN4O2S2/c23-21-7-4-8-22(24)20(21)16-28(13-14-31-18-5-2-1-3-6-18)15-17-9-11-19(12-10-17)32(29,30)27-26-25/h1-12H,13-16H2. The number of thioether (sulfide) groups is 1. The Bertz CT molecular complexity index is 1180. The van der Waals surface area contributed by atoms with E-state index in [1.165, 1.54) is 18.2 Å². The lowest BCUT2D eigenvalue weighted by Crippen LogP contribution is -2.26. The number of nitrogens with zero attached hydrogens (tertiary/aromatic N) is 4. The molecule has 0 saturated heterocycles. The van der Waals surface area contributed by atoms with Gasteiger partial charge in [-0.1, -0.05) is 48.0 Å². The van der Waals surface area contributed by atoms with Gasteiger partial charge in [0.1, 0.15) is 5.82 Å². The molecule has 0 amide bonds. The Balaban J connectivity index is 1.76. The molecule has 10 heteroatoms. The van der Waals surface area contributed by atoms with E-state index in [1.807, 2.05) is 30.3 Å². The fraction of sp³-hybridized carbons (Fsp3) is 0.182. The average Bonchev–Trinajstić information content (AvgIpc) is 2.77. The van der Waals surface area contributed by atoms with Gasteiger partial charge in [-0.2, -0.15) is 0 Å². The van der Waals surface area contributed by atoms with Crippen molar-refractivity contribution in [2.24, 2.45) is 4.52 Å². The van der Waals surface area contributed by atoms with Crippen LogP contribution >= 0.6 is 23.4 Å². The summed E-state index contributed by atoms with van der Waals surface area (Å²) < 4.78 is 41.0. The quantitative estimate of drug-likeness (QED) is 0.145. The zero-order valence-electron chi connectivity index (χ0n) is 16.9. The molecule has 0 N–H and O–H groups in total. The van der Waals surface area contributed by atoms with Crippen molar-refractivity contribution in [2.45, 2.75) is 22.9 Å². The van der Waals surface area contributed by atoms with Crippen LogP contribution in [-0.4, -0.2) is 25.6 Å². The van der Waals surface area contributed by atoms with Crippen molar-refractivity contribution in [3.8, 4) is 0 Å². The lowest BCUT2D eigenvalue weighted by Gasteiger charge is -2.23. The SMILES string of the molecule is [N-]=[N+]=NS(=O)(=O)c1ccc(CN(CCSc2ccccc2)Cc2c(F)cccc2Cl)cc1. The van der Waals surface area contributed by atoms with E-state index in [9.17, 15) is 12.8 Å². The molecule has 166 valence electrons. The summed E-state index contributed by atoms with van der Waals surface area (Å²) >= 11 is 7.92. The Hall–Kier alpha value is -2.55. The van der Waals surface area contributed by atoms with Crippen molar-refractivity contribution < 1.29 is 12.8 Å². The second-order valence-electron chi connectivity index (χ2n) is 6.86. The Kier molecular flexibility index (Phi) is 8.55. The highest BCUT2D eigenvalue weighted by molar-refractivity contribution is 7.99. The molecule has 0 aliphatic carbocycles. The largest absolute Gasteiger partial charge is 0.294 e. The molecule has 0 radical (unpaired) electrons. The summed E-state index contributed by atoms with van der Waals surface area (Å²) in [5.74, 6) is 0.411. The topological polar surface area (TPSA) is 86.1 Å². The second-order valence-corrected chi connectivity index (χ2v) is 10.0. The van der Waals surface area contributed by atoms with Crippen LogP contribution in [0.3, 0.4) is 0 Å².